The molecule has 1 heterocycles. The summed E-state index contributed by atoms with van der Waals surface area (Å²) in [5.41, 5.74) is 1.84. The molecule has 0 bridgehead atoms. The number of benzene rings is 2. The Hall–Kier alpha value is -3.13. The highest BCUT2D eigenvalue weighted by molar-refractivity contribution is 7.98. The number of ether oxygens (including phenoxy) is 1. The number of rotatable bonds is 6. The monoisotopic (exact) mass is 398 g/mol. The van der Waals surface area contributed by atoms with Gasteiger partial charge in [-0.25, -0.2) is 4.79 Å². The second kappa shape index (κ2) is 7.85. The number of para-hydroxylation sites is 1. The smallest absolute Gasteiger partial charge is 0.339 e. The van der Waals surface area contributed by atoms with E-state index in [4.69, 9.17) is 4.74 Å². The van der Waals surface area contributed by atoms with E-state index in [-0.39, 0.29) is 17.0 Å². The Kier molecular flexibility index (Phi) is 5.51. The lowest BCUT2D eigenvalue weighted by atomic mass is 10.0. The molecular formula is C20H18N2O5S. The summed E-state index contributed by atoms with van der Waals surface area (Å²) in [6.07, 6.45) is 0.676. The standard InChI is InChI=1S/C20H18N2O5S/c1-11-18(14-6-4-5-7-15(14)21-11)19(23)12(2)27-20(24)13-8-9-17(28-3)16(10-13)22(25)26/h4-10,12,21H,1-3H3/t12-/m1/s1. The summed E-state index contributed by atoms with van der Waals surface area (Å²) in [4.78, 5) is 39.5. The summed E-state index contributed by atoms with van der Waals surface area (Å²) in [6.45, 7) is 3.28. The summed E-state index contributed by atoms with van der Waals surface area (Å²) in [7, 11) is 0. The molecule has 0 radical (unpaired) electrons. The molecule has 0 amide bonds. The number of nitrogens with zero attached hydrogens (tertiary/aromatic N) is 1. The molecule has 0 spiro atoms. The zero-order valence-electron chi connectivity index (χ0n) is 15.5. The van der Waals surface area contributed by atoms with Crippen LogP contribution >= 0.6 is 11.8 Å². The Morgan fingerprint density at radius 1 is 1.21 bits per heavy atom. The molecular weight excluding hydrogens is 380 g/mol. The summed E-state index contributed by atoms with van der Waals surface area (Å²) in [5, 5.41) is 11.9. The van der Waals surface area contributed by atoms with Crippen LogP contribution in [0.3, 0.4) is 0 Å². The second-order valence-corrected chi connectivity index (χ2v) is 7.07. The highest BCUT2D eigenvalue weighted by atomic mass is 32.2. The van der Waals surface area contributed by atoms with Crippen molar-refractivity contribution in [3.05, 3.63) is 69.4 Å². The number of nitro benzene ring substituents is 1. The SMILES string of the molecule is CSc1ccc(C(=O)O[C@H](C)C(=O)c2c(C)[nH]c3ccccc23)cc1[N+](=O)[O-]. The molecule has 1 aromatic heterocycles. The van der Waals surface area contributed by atoms with Crippen LogP contribution in [0, 0.1) is 17.0 Å². The maximum Gasteiger partial charge on any atom is 0.339 e. The number of Topliss-reactive ketones (excluding diaryl/α,β-unsaturated/α-hetero) is 1. The van der Waals surface area contributed by atoms with E-state index < -0.39 is 17.0 Å². The van der Waals surface area contributed by atoms with E-state index >= 15 is 0 Å². The summed E-state index contributed by atoms with van der Waals surface area (Å²) >= 11 is 1.21. The molecule has 3 aromatic rings. The van der Waals surface area contributed by atoms with Gasteiger partial charge in [0.15, 0.2) is 6.10 Å². The lowest BCUT2D eigenvalue weighted by Crippen LogP contribution is -2.25. The summed E-state index contributed by atoms with van der Waals surface area (Å²) < 4.78 is 5.30. The number of nitro groups is 1. The van der Waals surface area contributed by atoms with Crippen LogP contribution in [-0.4, -0.2) is 34.0 Å². The Morgan fingerprint density at radius 2 is 1.93 bits per heavy atom. The fraction of sp³-hybridized carbons (Fsp3) is 0.200. The minimum atomic E-state index is -1.04. The van der Waals surface area contributed by atoms with Gasteiger partial charge in [0.05, 0.1) is 15.4 Å². The molecule has 1 N–H and O–H groups in total. The number of hydrogen-bond acceptors (Lipinski definition) is 6. The number of H-pyrrole nitrogens is 1. The topological polar surface area (TPSA) is 102 Å². The number of esters is 1. The summed E-state index contributed by atoms with van der Waals surface area (Å²) in [6, 6.07) is 11.5. The zero-order valence-corrected chi connectivity index (χ0v) is 16.3. The quantitative estimate of drug-likeness (QED) is 0.215. The lowest BCUT2D eigenvalue weighted by Gasteiger charge is -2.13. The Balaban J connectivity index is 1.84. The number of nitrogens with one attached hydrogen (secondary N) is 1. The molecule has 0 aliphatic carbocycles. The van der Waals surface area contributed by atoms with E-state index in [1.165, 1.54) is 36.9 Å². The van der Waals surface area contributed by atoms with Gasteiger partial charge >= 0.3 is 5.97 Å². The molecule has 0 fully saturated rings. The fourth-order valence-corrected chi connectivity index (χ4v) is 3.59. The van der Waals surface area contributed by atoms with Crippen LogP contribution in [0.15, 0.2) is 47.4 Å². The minimum absolute atomic E-state index is 0.0276. The van der Waals surface area contributed by atoms with Gasteiger partial charge < -0.3 is 9.72 Å². The third-order valence-electron chi connectivity index (χ3n) is 4.40. The predicted molar refractivity (Wildman–Crippen MR) is 107 cm³/mol. The number of aryl methyl sites for hydroxylation is 1. The van der Waals surface area contributed by atoms with E-state index in [1.807, 2.05) is 24.3 Å². The Bertz CT molecular complexity index is 1090. The molecule has 3 rings (SSSR count). The van der Waals surface area contributed by atoms with Crippen LogP contribution < -0.4 is 0 Å². The molecule has 0 saturated carbocycles. The molecule has 28 heavy (non-hydrogen) atoms. The first kappa shape index (κ1) is 19.6. The van der Waals surface area contributed by atoms with Crippen LogP contribution in [-0.2, 0) is 4.74 Å². The van der Waals surface area contributed by atoms with Crippen molar-refractivity contribution in [2.45, 2.75) is 24.8 Å². The van der Waals surface area contributed by atoms with E-state index in [0.717, 1.165) is 10.9 Å². The largest absolute Gasteiger partial charge is 0.451 e. The Morgan fingerprint density at radius 3 is 2.61 bits per heavy atom. The van der Waals surface area contributed by atoms with Crippen molar-refractivity contribution in [3.8, 4) is 0 Å². The molecule has 0 aliphatic heterocycles. The number of aromatic amines is 1. The van der Waals surface area contributed by atoms with Crippen molar-refractivity contribution in [1.82, 2.24) is 4.98 Å². The molecule has 0 aliphatic rings. The second-order valence-electron chi connectivity index (χ2n) is 6.23. The van der Waals surface area contributed by atoms with E-state index in [2.05, 4.69) is 4.98 Å². The third-order valence-corrected chi connectivity index (χ3v) is 5.19. The van der Waals surface area contributed by atoms with Crippen LogP contribution in [0.2, 0.25) is 0 Å². The van der Waals surface area contributed by atoms with E-state index in [0.29, 0.717) is 16.2 Å². The maximum atomic E-state index is 12.9. The van der Waals surface area contributed by atoms with Gasteiger partial charge in [-0.3, -0.25) is 14.9 Å². The number of fused-ring (bicyclic) bond motifs is 1. The first-order chi connectivity index (χ1) is 13.3. The van der Waals surface area contributed by atoms with Crippen LogP contribution in [0.4, 0.5) is 5.69 Å². The molecule has 2 aromatic carbocycles. The van der Waals surface area contributed by atoms with Crippen molar-refractivity contribution in [3.63, 3.8) is 0 Å². The average molecular weight is 398 g/mol. The number of ketones is 1. The van der Waals surface area contributed by atoms with Crippen molar-refractivity contribution >= 4 is 40.1 Å². The van der Waals surface area contributed by atoms with Gasteiger partial charge in [0.25, 0.3) is 5.69 Å². The molecule has 1 atom stereocenters. The van der Waals surface area contributed by atoms with Crippen molar-refractivity contribution in [2.75, 3.05) is 6.26 Å². The predicted octanol–water partition coefficient (Wildman–Crippen LogP) is 4.53. The van der Waals surface area contributed by atoms with Crippen molar-refractivity contribution < 1.29 is 19.2 Å². The van der Waals surface area contributed by atoms with Crippen LogP contribution in [0.25, 0.3) is 10.9 Å². The van der Waals surface area contributed by atoms with E-state index in [9.17, 15) is 19.7 Å². The van der Waals surface area contributed by atoms with Crippen molar-refractivity contribution in [1.29, 1.82) is 0 Å². The van der Waals surface area contributed by atoms with Gasteiger partial charge in [-0.1, -0.05) is 18.2 Å². The number of thioether (sulfide) groups is 1. The number of hydrogen-bond donors (Lipinski definition) is 1. The molecule has 8 heteroatoms. The molecule has 144 valence electrons. The van der Waals surface area contributed by atoms with Crippen molar-refractivity contribution in [2.24, 2.45) is 0 Å². The van der Waals surface area contributed by atoms with Crippen LogP contribution in [0.1, 0.15) is 33.3 Å². The van der Waals surface area contributed by atoms with Gasteiger partial charge in [0.1, 0.15) is 0 Å². The normalized spacial score (nSPS) is 12.0. The highest BCUT2D eigenvalue weighted by Crippen LogP contribution is 2.29. The lowest BCUT2D eigenvalue weighted by molar-refractivity contribution is -0.387. The number of aromatic nitrogens is 1. The van der Waals surface area contributed by atoms with Gasteiger partial charge in [-0.15, -0.1) is 11.8 Å². The average Bonchev–Trinajstić information content (AvgIpc) is 3.02. The van der Waals surface area contributed by atoms with Gasteiger partial charge in [0.2, 0.25) is 5.78 Å². The molecule has 0 saturated heterocycles. The third kappa shape index (κ3) is 3.63. The first-order valence-corrected chi connectivity index (χ1v) is 9.71. The maximum absolute atomic E-state index is 12.9. The molecule has 7 nitrogen and oxygen atoms in total. The highest BCUT2D eigenvalue weighted by Gasteiger charge is 2.26. The fourth-order valence-electron chi connectivity index (χ4n) is 3.04. The number of carbonyl (C=O) groups is 2. The van der Waals surface area contributed by atoms with Crippen LogP contribution in [0.5, 0.6) is 0 Å². The van der Waals surface area contributed by atoms with E-state index in [1.54, 1.807) is 13.2 Å². The summed E-state index contributed by atoms with van der Waals surface area (Å²) in [5.74, 6) is -1.12. The van der Waals surface area contributed by atoms with Gasteiger partial charge in [0, 0.05) is 28.2 Å². The Labute approximate surface area is 165 Å². The first-order valence-electron chi connectivity index (χ1n) is 8.48. The van der Waals surface area contributed by atoms with Gasteiger partial charge in [-0.2, -0.15) is 0 Å². The van der Waals surface area contributed by atoms with Gasteiger partial charge in [-0.05, 0) is 38.3 Å². The zero-order chi connectivity index (χ0) is 20.4. The number of carbonyl (C=O) groups excluding carboxylic acids is 2. The molecule has 0 unspecified atom stereocenters. The minimum Gasteiger partial charge on any atom is -0.451 e.